The Hall–Kier alpha value is -4.20. The van der Waals surface area contributed by atoms with Gasteiger partial charge in [0.05, 0.1) is 38.9 Å². The fraction of sp³-hybridized carbons (Fsp3) is 0.167. The molecule has 1 saturated heterocycles. The Morgan fingerprint density at radius 3 is 2.06 bits per heavy atom. The van der Waals surface area contributed by atoms with Crippen LogP contribution in [0.15, 0.2) is 70.9 Å². The molecule has 8 heteroatoms. The molecule has 2 heterocycles. The summed E-state index contributed by atoms with van der Waals surface area (Å²) in [5, 5.41) is 11.1. The molecule has 0 radical (unpaired) electrons. The lowest BCUT2D eigenvalue weighted by Gasteiger charge is -2.24. The van der Waals surface area contributed by atoms with Crippen LogP contribution in [-0.2, 0) is 9.59 Å². The number of anilines is 1. The van der Waals surface area contributed by atoms with Crippen LogP contribution in [0.4, 0.5) is 5.69 Å². The first-order valence-electron chi connectivity index (χ1n) is 9.70. The van der Waals surface area contributed by atoms with Gasteiger partial charge in [0.2, 0.25) is 0 Å². The van der Waals surface area contributed by atoms with Crippen LogP contribution in [0.5, 0.6) is 17.2 Å². The number of benzene rings is 2. The number of Topliss-reactive ketones (excluding diaryl/α,β-unsaturated/α-hetero) is 1. The summed E-state index contributed by atoms with van der Waals surface area (Å²) in [6.45, 7) is 0. The third-order valence-electron chi connectivity index (χ3n) is 5.23. The average Bonchev–Trinajstić information content (AvgIpc) is 3.45. The van der Waals surface area contributed by atoms with Crippen molar-refractivity contribution in [1.82, 2.24) is 0 Å². The minimum Gasteiger partial charge on any atom is -0.507 e. The van der Waals surface area contributed by atoms with Crippen molar-refractivity contribution in [3.8, 4) is 17.2 Å². The normalized spacial score (nSPS) is 17.5. The number of hydrogen-bond acceptors (Lipinski definition) is 7. The highest BCUT2D eigenvalue weighted by atomic mass is 16.5. The summed E-state index contributed by atoms with van der Waals surface area (Å²) in [4.78, 5) is 27.5. The van der Waals surface area contributed by atoms with Crippen molar-refractivity contribution in [2.75, 3.05) is 26.2 Å². The van der Waals surface area contributed by atoms with Crippen LogP contribution in [0.2, 0.25) is 0 Å². The van der Waals surface area contributed by atoms with Crippen LogP contribution < -0.4 is 19.1 Å². The van der Waals surface area contributed by atoms with Crippen LogP contribution in [0.25, 0.3) is 5.76 Å². The van der Waals surface area contributed by atoms with Crippen LogP contribution >= 0.6 is 0 Å². The number of methoxy groups -OCH3 is 3. The zero-order valence-corrected chi connectivity index (χ0v) is 17.7. The Morgan fingerprint density at radius 2 is 1.53 bits per heavy atom. The summed E-state index contributed by atoms with van der Waals surface area (Å²) in [6.07, 6.45) is 1.44. The lowest BCUT2D eigenvalue weighted by Crippen LogP contribution is -2.29. The highest BCUT2D eigenvalue weighted by Crippen LogP contribution is 2.44. The highest BCUT2D eigenvalue weighted by Gasteiger charge is 2.48. The maximum absolute atomic E-state index is 13.1. The Morgan fingerprint density at radius 1 is 0.906 bits per heavy atom. The van der Waals surface area contributed by atoms with Gasteiger partial charge >= 0.3 is 0 Å². The number of hydrogen-bond donors (Lipinski definition) is 1. The van der Waals surface area contributed by atoms with Gasteiger partial charge in [-0.2, -0.15) is 0 Å². The van der Waals surface area contributed by atoms with E-state index in [9.17, 15) is 14.7 Å². The molecule has 3 aromatic rings. The van der Waals surface area contributed by atoms with E-state index in [0.29, 0.717) is 34.3 Å². The zero-order chi connectivity index (χ0) is 22.8. The molecule has 4 rings (SSSR count). The predicted molar refractivity (Wildman–Crippen MR) is 116 cm³/mol. The van der Waals surface area contributed by atoms with E-state index in [1.165, 1.54) is 32.5 Å². The first-order chi connectivity index (χ1) is 15.5. The first-order valence-corrected chi connectivity index (χ1v) is 9.70. The maximum Gasteiger partial charge on any atom is 0.300 e. The summed E-state index contributed by atoms with van der Waals surface area (Å²) in [7, 11) is 4.50. The number of aliphatic hydroxyl groups excluding tert-OH is 1. The minimum absolute atomic E-state index is 0.0862. The Kier molecular flexibility index (Phi) is 5.59. The number of carbonyl (C=O) groups is 2. The van der Waals surface area contributed by atoms with E-state index in [0.717, 1.165) is 0 Å². The summed E-state index contributed by atoms with van der Waals surface area (Å²) in [5.74, 6) is -0.165. The van der Waals surface area contributed by atoms with Crippen LogP contribution in [0.1, 0.15) is 17.4 Å². The van der Waals surface area contributed by atoms with E-state index in [2.05, 4.69) is 0 Å². The molecule has 0 spiro atoms. The third kappa shape index (κ3) is 3.56. The lowest BCUT2D eigenvalue weighted by molar-refractivity contribution is -0.132. The SMILES string of the molecule is COc1ccc(/C(O)=C2/C(=O)C(=O)N(c3cc(OC)cc(OC)c3)C2c2ccco2)cc1. The third-order valence-corrected chi connectivity index (χ3v) is 5.23. The molecule has 1 N–H and O–H groups in total. The summed E-state index contributed by atoms with van der Waals surface area (Å²) >= 11 is 0. The lowest BCUT2D eigenvalue weighted by atomic mass is 9.99. The molecular formula is C24H21NO7. The van der Waals surface area contributed by atoms with Gasteiger partial charge in [-0.25, -0.2) is 0 Å². The topological polar surface area (TPSA) is 98.4 Å². The molecule has 0 saturated carbocycles. The molecule has 2 aromatic carbocycles. The molecule has 1 aromatic heterocycles. The van der Waals surface area contributed by atoms with E-state index >= 15 is 0 Å². The van der Waals surface area contributed by atoms with Gasteiger partial charge in [-0.1, -0.05) is 0 Å². The number of rotatable bonds is 6. The number of amides is 1. The second-order valence-corrected chi connectivity index (χ2v) is 6.98. The van der Waals surface area contributed by atoms with E-state index in [1.54, 1.807) is 54.6 Å². The molecule has 1 unspecified atom stereocenters. The fourth-order valence-electron chi connectivity index (χ4n) is 3.65. The van der Waals surface area contributed by atoms with Crippen molar-refractivity contribution in [2.24, 2.45) is 0 Å². The summed E-state index contributed by atoms with van der Waals surface area (Å²) in [5.41, 5.74) is 0.638. The maximum atomic E-state index is 13.1. The number of ketones is 1. The molecule has 8 nitrogen and oxygen atoms in total. The van der Waals surface area contributed by atoms with E-state index < -0.39 is 17.7 Å². The molecule has 164 valence electrons. The monoisotopic (exact) mass is 435 g/mol. The fourth-order valence-corrected chi connectivity index (χ4v) is 3.65. The Bertz CT molecular complexity index is 1160. The molecule has 1 atom stereocenters. The van der Waals surface area contributed by atoms with Gasteiger partial charge in [0, 0.05) is 23.8 Å². The molecular weight excluding hydrogens is 414 g/mol. The molecule has 1 fully saturated rings. The molecule has 1 aliphatic heterocycles. The molecule has 32 heavy (non-hydrogen) atoms. The molecule has 1 aliphatic rings. The molecule has 0 bridgehead atoms. The van der Waals surface area contributed by atoms with Crippen LogP contribution in [0.3, 0.4) is 0 Å². The molecule has 1 amide bonds. The van der Waals surface area contributed by atoms with Gasteiger partial charge in [0.25, 0.3) is 11.7 Å². The van der Waals surface area contributed by atoms with Crippen LogP contribution in [-0.4, -0.2) is 38.1 Å². The van der Waals surface area contributed by atoms with Crippen molar-refractivity contribution in [3.05, 3.63) is 77.8 Å². The van der Waals surface area contributed by atoms with Crippen molar-refractivity contribution in [2.45, 2.75) is 6.04 Å². The van der Waals surface area contributed by atoms with Gasteiger partial charge in [0.1, 0.15) is 34.8 Å². The van der Waals surface area contributed by atoms with E-state index in [1.807, 2.05) is 0 Å². The number of furan rings is 1. The number of ether oxygens (including phenoxy) is 3. The summed E-state index contributed by atoms with van der Waals surface area (Å²) < 4.78 is 21.3. The Balaban J connectivity index is 1.91. The number of nitrogens with zero attached hydrogens (tertiary/aromatic N) is 1. The van der Waals surface area contributed by atoms with Crippen molar-refractivity contribution < 1.29 is 33.3 Å². The second-order valence-electron chi connectivity index (χ2n) is 6.98. The Labute approximate surface area is 184 Å². The van der Waals surface area contributed by atoms with Gasteiger partial charge in [-0.05, 0) is 36.4 Å². The predicted octanol–water partition coefficient (Wildman–Crippen LogP) is 3.93. The highest BCUT2D eigenvalue weighted by molar-refractivity contribution is 6.51. The standard InChI is InChI=1S/C24H21NO7/c1-29-16-8-6-14(7-9-16)22(26)20-21(19-5-4-10-32-19)25(24(28)23(20)27)15-11-17(30-2)13-18(12-15)31-3/h4-13,21,26H,1-3H3/b22-20-. The van der Waals surface area contributed by atoms with Crippen molar-refractivity contribution in [3.63, 3.8) is 0 Å². The van der Waals surface area contributed by atoms with Gasteiger partial charge < -0.3 is 23.7 Å². The average molecular weight is 435 g/mol. The first kappa shape index (κ1) is 21.0. The molecule has 0 aliphatic carbocycles. The smallest absolute Gasteiger partial charge is 0.300 e. The quantitative estimate of drug-likeness (QED) is 0.356. The minimum atomic E-state index is -0.982. The van der Waals surface area contributed by atoms with Crippen LogP contribution in [0, 0.1) is 0 Å². The van der Waals surface area contributed by atoms with E-state index in [4.69, 9.17) is 18.6 Å². The van der Waals surface area contributed by atoms with E-state index in [-0.39, 0.29) is 11.3 Å². The largest absolute Gasteiger partial charge is 0.507 e. The van der Waals surface area contributed by atoms with Crippen molar-refractivity contribution in [1.29, 1.82) is 0 Å². The van der Waals surface area contributed by atoms with Gasteiger partial charge in [0.15, 0.2) is 0 Å². The zero-order valence-electron chi connectivity index (χ0n) is 17.7. The number of aliphatic hydroxyl groups is 1. The van der Waals surface area contributed by atoms with Gasteiger partial charge in [-0.15, -0.1) is 0 Å². The van der Waals surface area contributed by atoms with Gasteiger partial charge in [-0.3, -0.25) is 14.5 Å². The number of carbonyl (C=O) groups excluding carboxylic acids is 2. The second kappa shape index (κ2) is 8.50. The van der Waals surface area contributed by atoms with Crippen molar-refractivity contribution >= 4 is 23.1 Å². The summed E-state index contributed by atoms with van der Waals surface area (Å²) in [6, 6.07) is 13.7.